The molecule has 2 rings (SSSR count). The van der Waals surface area contributed by atoms with Gasteiger partial charge in [-0.05, 0) is 13.3 Å². The molecule has 1 aromatic rings. The molecular weight excluding hydrogens is 206 g/mol. The molecule has 4 heteroatoms. The van der Waals surface area contributed by atoms with Gasteiger partial charge in [-0.25, -0.2) is 4.98 Å². The van der Waals surface area contributed by atoms with Crippen molar-refractivity contribution in [2.24, 2.45) is 0 Å². The van der Waals surface area contributed by atoms with Gasteiger partial charge in [0, 0.05) is 43.3 Å². The molecule has 1 unspecified atom stereocenters. The van der Waals surface area contributed by atoms with Gasteiger partial charge in [-0.3, -0.25) is 4.90 Å². The number of aromatic nitrogens is 1. The number of thiazole rings is 1. The molecule has 0 amide bonds. The summed E-state index contributed by atoms with van der Waals surface area (Å²) in [6.45, 7) is 8.90. The predicted octanol–water partition coefficient (Wildman–Crippen LogP) is 1.50. The summed E-state index contributed by atoms with van der Waals surface area (Å²) in [7, 11) is 0. The second-order valence-electron chi connectivity index (χ2n) is 4.16. The van der Waals surface area contributed by atoms with E-state index in [4.69, 9.17) is 0 Å². The third-order valence-corrected chi connectivity index (χ3v) is 3.86. The number of rotatable bonds is 3. The minimum Gasteiger partial charge on any atom is -0.312 e. The first-order chi connectivity index (χ1) is 7.28. The smallest absolute Gasteiger partial charge is 0.0925 e. The van der Waals surface area contributed by atoms with E-state index >= 15 is 0 Å². The average Bonchev–Trinajstić information content (AvgIpc) is 2.65. The van der Waals surface area contributed by atoms with E-state index in [2.05, 4.69) is 29.0 Å². The van der Waals surface area contributed by atoms with Gasteiger partial charge < -0.3 is 5.32 Å². The molecule has 1 atom stereocenters. The Balaban J connectivity index is 1.90. The summed E-state index contributed by atoms with van der Waals surface area (Å²) in [6, 6.07) is 0.623. The second kappa shape index (κ2) is 5.05. The highest BCUT2D eigenvalue weighted by molar-refractivity contribution is 7.11. The fourth-order valence-corrected chi connectivity index (χ4v) is 2.87. The molecule has 0 bridgehead atoms. The summed E-state index contributed by atoms with van der Waals surface area (Å²) in [5.41, 5.74) is 0. The number of hydrogen-bond acceptors (Lipinski definition) is 4. The van der Waals surface area contributed by atoms with E-state index in [1.54, 1.807) is 0 Å². The van der Waals surface area contributed by atoms with Crippen LogP contribution < -0.4 is 5.32 Å². The van der Waals surface area contributed by atoms with Crippen LogP contribution in [0, 0.1) is 0 Å². The topological polar surface area (TPSA) is 28.2 Å². The molecule has 0 saturated carbocycles. The lowest BCUT2D eigenvalue weighted by Gasteiger charge is -2.31. The van der Waals surface area contributed by atoms with Gasteiger partial charge in [0.15, 0.2) is 0 Å². The first-order valence-electron chi connectivity index (χ1n) is 5.67. The Bertz CT molecular complexity index is 311. The van der Waals surface area contributed by atoms with Crippen LogP contribution in [0.15, 0.2) is 6.20 Å². The zero-order valence-electron chi connectivity index (χ0n) is 9.49. The summed E-state index contributed by atoms with van der Waals surface area (Å²) < 4.78 is 0. The first-order valence-corrected chi connectivity index (χ1v) is 6.49. The van der Waals surface area contributed by atoms with E-state index in [0.717, 1.165) is 32.6 Å². The molecule has 1 aliphatic rings. The van der Waals surface area contributed by atoms with Crippen molar-refractivity contribution in [2.75, 3.05) is 19.6 Å². The number of aryl methyl sites for hydroxylation is 1. The fraction of sp³-hybridized carbons (Fsp3) is 0.727. The summed E-state index contributed by atoms with van der Waals surface area (Å²) in [4.78, 5) is 8.31. The number of hydrogen-bond donors (Lipinski definition) is 1. The van der Waals surface area contributed by atoms with Crippen molar-refractivity contribution in [3.05, 3.63) is 16.1 Å². The third-order valence-electron chi connectivity index (χ3n) is 2.74. The Morgan fingerprint density at radius 3 is 3.20 bits per heavy atom. The summed E-state index contributed by atoms with van der Waals surface area (Å²) in [5, 5.41) is 4.72. The average molecular weight is 225 g/mol. The van der Waals surface area contributed by atoms with Crippen molar-refractivity contribution >= 4 is 11.3 Å². The maximum Gasteiger partial charge on any atom is 0.0925 e. The Hall–Kier alpha value is -0.450. The summed E-state index contributed by atoms with van der Waals surface area (Å²) in [6.07, 6.45) is 3.10. The molecular formula is C11H19N3S. The molecule has 84 valence electrons. The van der Waals surface area contributed by atoms with Crippen molar-refractivity contribution in [3.8, 4) is 0 Å². The van der Waals surface area contributed by atoms with E-state index in [1.165, 1.54) is 9.88 Å². The van der Waals surface area contributed by atoms with Gasteiger partial charge >= 0.3 is 0 Å². The van der Waals surface area contributed by atoms with Crippen LogP contribution in [0.3, 0.4) is 0 Å². The maximum atomic E-state index is 4.40. The summed E-state index contributed by atoms with van der Waals surface area (Å²) >= 11 is 1.85. The highest BCUT2D eigenvalue weighted by Crippen LogP contribution is 2.16. The van der Waals surface area contributed by atoms with Crippen LogP contribution in [-0.4, -0.2) is 35.6 Å². The number of nitrogens with zero attached hydrogens (tertiary/aromatic N) is 2. The fourth-order valence-electron chi connectivity index (χ4n) is 1.96. The molecule has 0 spiro atoms. The molecule has 15 heavy (non-hydrogen) atoms. The molecule has 1 aromatic heterocycles. The van der Waals surface area contributed by atoms with Crippen LogP contribution in [0.2, 0.25) is 0 Å². The zero-order valence-corrected chi connectivity index (χ0v) is 10.3. The molecule has 0 aromatic carbocycles. The predicted molar refractivity (Wildman–Crippen MR) is 64.2 cm³/mol. The van der Waals surface area contributed by atoms with E-state index in [1.807, 2.05) is 17.5 Å². The third kappa shape index (κ3) is 3.00. The highest BCUT2D eigenvalue weighted by Gasteiger charge is 2.16. The first kappa shape index (κ1) is 11.0. The molecule has 1 fully saturated rings. The Morgan fingerprint density at radius 1 is 1.67 bits per heavy atom. The standard InChI is InChI=1S/C11H19N3S/c1-3-11-13-6-10(15-11)8-14-5-4-12-9(2)7-14/h6,9,12H,3-5,7-8H2,1-2H3. The molecule has 2 heterocycles. The van der Waals surface area contributed by atoms with E-state index in [-0.39, 0.29) is 0 Å². The number of piperazine rings is 1. The van der Waals surface area contributed by atoms with Gasteiger partial charge in [0.25, 0.3) is 0 Å². The minimum absolute atomic E-state index is 0.623. The van der Waals surface area contributed by atoms with Gasteiger partial charge in [0.05, 0.1) is 5.01 Å². The van der Waals surface area contributed by atoms with Crippen LogP contribution in [0.1, 0.15) is 23.7 Å². The lowest BCUT2D eigenvalue weighted by Crippen LogP contribution is -2.48. The zero-order chi connectivity index (χ0) is 10.7. The van der Waals surface area contributed by atoms with Crippen LogP contribution in [0.5, 0.6) is 0 Å². The molecule has 1 saturated heterocycles. The quantitative estimate of drug-likeness (QED) is 0.845. The molecule has 1 aliphatic heterocycles. The SMILES string of the molecule is CCc1ncc(CN2CCNC(C)C2)s1. The lowest BCUT2D eigenvalue weighted by molar-refractivity contribution is 0.201. The van der Waals surface area contributed by atoms with E-state index in [0.29, 0.717) is 6.04 Å². The van der Waals surface area contributed by atoms with Crippen molar-refractivity contribution in [1.82, 2.24) is 15.2 Å². The van der Waals surface area contributed by atoms with E-state index < -0.39 is 0 Å². The maximum absolute atomic E-state index is 4.40. The van der Waals surface area contributed by atoms with Crippen LogP contribution in [0.4, 0.5) is 0 Å². The second-order valence-corrected chi connectivity index (χ2v) is 5.36. The van der Waals surface area contributed by atoms with Crippen molar-refractivity contribution in [2.45, 2.75) is 32.9 Å². The highest BCUT2D eigenvalue weighted by atomic mass is 32.1. The monoisotopic (exact) mass is 225 g/mol. The Morgan fingerprint density at radius 2 is 2.53 bits per heavy atom. The number of nitrogens with one attached hydrogen (secondary N) is 1. The Labute approximate surface area is 95.5 Å². The van der Waals surface area contributed by atoms with E-state index in [9.17, 15) is 0 Å². The van der Waals surface area contributed by atoms with Crippen LogP contribution in [0.25, 0.3) is 0 Å². The van der Waals surface area contributed by atoms with Crippen molar-refractivity contribution in [3.63, 3.8) is 0 Å². The largest absolute Gasteiger partial charge is 0.312 e. The van der Waals surface area contributed by atoms with Crippen LogP contribution in [-0.2, 0) is 13.0 Å². The molecule has 0 aliphatic carbocycles. The van der Waals surface area contributed by atoms with Gasteiger partial charge in [-0.15, -0.1) is 11.3 Å². The lowest BCUT2D eigenvalue weighted by atomic mass is 10.2. The van der Waals surface area contributed by atoms with Gasteiger partial charge in [0.2, 0.25) is 0 Å². The van der Waals surface area contributed by atoms with Gasteiger partial charge in [-0.2, -0.15) is 0 Å². The van der Waals surface area contributed by atoms with Crippen molar-refractivity contribution < 1.29 is 0 Å². The molecule has 1 N–H and O–H groups in total. The van der Waals surface area contributed by atoms with Gasteiger partial charge in [-0.1, -0.05) is 6.92 Å². The van der Waals surface area contributed by atoms with Crippen molar-refractivity contribution in [1.29, 1.82) is 0 Å². The Kier molecular flexibility index (Phi) is 3.72. The summed E-state index contributed by atoms with van der Waals surface area (Å²) in [5.74, 6) is 0. The van der Waals surface area contributed by atoms with Gasteiger partial charge in [0.1, 0.15) is 0 Å². The normalized spacial score (nSPS) is 23.2. The molecule has 0 radical (unpaired) electrons. The van der Waals surface area contributed by atoms with Crippen LogP contribution >= 0.6 is 11.3 Å². The molecule has 3 nitrogen and oxygen atoms in total. The minimum atomic E-state index is 0.623.